The van der Waals surface area contributed by atoms with Crippen molar-refractivity contribution in [1.29, 1.82) is 0 Å². The highest BCUT2D eigenvalue weighted by molar-refractivity contribution is 8.09. The monoisotopic (exact) mass is 538 g/mol. The second kappa shape index (κ2) is 14.6. The summed E-state index contributed by atoms with van der Waals surface area (Å²) in [6.45, 7) is 10.7. The van der Waals surface area contributed by atoms with Gasteiger partial charge in [-0.3, -0.25) is 10.2 Å². The van der Waals surface area contributed by atoms with E-state index in [2.05, 4.69) is 20.8 Å². The predicted octanol–water partition coefficient (Wildman–Crippen LogP) is 4.06. The maximum absolute atomic E-state index is 5.76. The molecule has 0 aliphatic rings. The molecule has 0 heterocycles. The van der Waals surface area contributed by atoms with Crippen LogP contribution in [0.4, 0.5) is 0 Å². The van der Waals surface area contributed by atoms with Crippen molar-refractivity contribution in [3.05, 3.63) is 0 Å². The van der Waals surface area contributed by atoms with Gasteiger partial charge in [0.1, 0.15) is 0 Å². The van der Waals surface area contributed by atoms with Crippen molar-refractivity contribution in [3.63, 3.8) is 0 Å². The second-order valence-corrected chi connectivity index (χ2v) is 14.3. The highest BCUT2D eigenvalue weighted by Crippen LogP contribution is 2.47. The summed E-state index contributed by atoms with van der Waals surface area (Å²) in [6.07, 6.45) is -0.340. The van der Waals surface area contributed by atoms with Gasteiger partial charge in [0.2, 0.25) is 0 Å². The number of hydrogen-bond donors (Lipinski definition) is 4. The summed E-state index contributed by atoms with van der Waals surface area (Å²) in [6, 6.07) is 0. The molecule has 0 aromatic rings. The zero-order valence-corrected chi connectivity index (χ0v) is 23.9. The normalized spacial score (nSPS) is 12.5. The molecule has 0 saturated heterocycles. The van der Waals surface area contributed by atoms with Crippen LogP contribution >= 0.6 is 37.7 Å². The largest absolute Gasteiger partial charge is 0.361 e. The Morgan fingerprint density at radius 3 is 1.03 bits per heavy atom. The number of thiocarbonyl (C=S) groups is 2. The third kappa shape index (κ3) is 15.3. The Kier molecular flexibility index (Phi) is 14.9. The van der Waals surface area contributed by atoms with E-state index in [0.29, 0.717) is 23.3 Å². The molecule has 0 fully saturated rings. The number of nitrogens with one attached hydrogen (secondary N) is 4. The van der Waals surface area contributed by atoms with Crippen molar-refractivity contribution in [2.24, 2.45) is 0 Å². The van der Waals surface area contributed by atoms with E-state index in [4.69, 9.17) is 66.1 Å². The van der Waals surface area contributed by atoms with Gasteiger partial charge in [-0.05, 0) is 103 Å². The van der Waals surface area contributed by atoms with E-state index in [1.807, 2.05) is 55.4 Å². The molecule has 0 aromatic heterocycles. The summed E-state index contributed by atoms with van der Waals surface area (Å²) >= 11 is 21.7. The number of hydrogen-bond acceptors (Lipinski definition) is 8. The van der Waals surface area contributed by atoms with Gasteiger partial charge in [-0.15, -0.1) is 0 Å². The van der Waals surface area contributed by atoms with Crippen molar-refractivity contribution in [3.8, 4) is 0 Å². The molecular formula is C16H36N4O4P2S4. The Hall–Kier alpha value is 0.520. The van der Waals surface area contributed by atoms with Crippen LogP contribution in [0.15, 0.2) is 0 Å². The van der Waals surface area contributed by atoms with Gasteiger partial charge in [0.25, 0.3) is 13.3 Å². The Balaban J connectivity index is 4.54. The van der Waals surface area contributed by atoms with Crippen molar-refractivity contribution in [2.75, 3.05) is 13.1 Å². The molecule has 0 rings (SSSR count). The highest BCUT2D eigenvalue weighted by Gasteiger charge is 2.25. The van der Waals surface area contributed by atoms with Crippen LogP contribution in [-0.2, 0) is 41.7 Å². The second-order valence-electron chi connectivity index (χ2n) is 7.35. The Bertz CT molecular complexity index is 569. The molecule has 14 heteroatoms. The third-order valence-electron chi connectivity index (χ3n) is 2.57. The molecule has 0 aliphatic carbocycles. The maximum Gasteiger partial charge on any atom is 0.289 e. The van der Waals surface area contributed by atoms with E-state index in [9.17, 15) is 0 Å². The van der Waals surface area contributed by atoms with Crippen molar-refractivity contribution in [2.45, 2.75) is 79.8 Å². The van der Waals surface area contributed by atoms with Crippen LogP contribution in [0.2, 0.25) is 0 Å². The molecule has 178 valence electrons. The quantitative estimate of drug-likeness (QED) is 0.155. The van der Waals surface area contributed by atoms with Gasteiger partial charge in [0.05, 0.1) is 24.4 Å². The lowest BCUT2D eigenvalue weighted by Crippen LogP contribution is -2.42. The Morgan fingerprint density at radius 2 is 0.833 bits per heavy atom. The molecular weight excluding hydrogens is 502 g/mol. The predicted molar refractivity (Wildman–Crippen MR) is 141 cm³/mol. The summed E-state index contributed by atoms with van der Waals surface area (Å²) in [5, 5.41) is 12.8. The van der Waals surface area contributed by atoms with Crippen LogP contribution < -0.4 is 20.8 Å². The fourth-order valence-electron chi connectivity index (χ4n) is 1.95. The van der Waals surface area contributed by atoms with Crippen LogP contribution in [-0.4, -0.2) is 47.7 Å². The highest BCUT2D eigenvalue weighted by atomic mass is 32.5. The lowest BCUT2D eigenvalue weighted by atomic mass is 10.5. The van der Waals surface area contributed by atoms with Crippen molar-refractivity contribution in [1.82, 2.24) is 20.8 Å². The Labute approximate surface area is 202 Å². The lowest BCUT2D eigenvalue weighted by molar-refractivity contribution is 0.171. The topological polar surface area (TPSA) is 85.0 Å². The van der Waals surface area contributed by atoms with Crippen LogP contribution in [0.25, 0.3) is 0 Å². The van der Waals surface area contributed by atoms with Gasteiger partial charge in [-0.1, -0.05) is 0 Å². The summed E-state index contributed by atoms with van der Waals surface area (Å²) in [4.78, 5) is 0. The summed E-state index contributed by atoms with van der Waals surface area (Å²) in [7, 11) is 0. The molecule has 0 aromatic carbocycles. The fourth-order valence-corrected chi connectivity index (χ4v) is 9.02. The average Bonchev–Trinajstić information content (AvgIpc) is 2.46. The third-order valence-corrected chi connectivity index (χ3v) is 8.74. The zero-order valence-electron chi connectivity index (χ0n) is 18.9. The van der Waals surface area contributed by atoms with E-state index in [0.717, 1.165) is 0 Å². The molecule has 8 nitrogen and oxygen atoms in total. The van der Waals surface area contributed by atoms with Gasteiger partial charge in [0.15, 0.2) is 10.2 Å². The zero-order chi connectivity index (χ0) is 23.5. The fraction of sp³-hybridized carbons (Fsp3) is 0.875. The summed E-state index contributed by atoms with van der Waals surface area (Å²) < 4.78 is 23.1. The molecule has 0 atom stereocenters. The van der Waals surface area contributed by atoms with E-state index < -0.39 is 13.3 Å². The minimum absolute atomic E-state index is 0.0851. The summed E-state index contributed by atoms with van der Waals surface area (Å²) in [5.74, 6) is 0. The number of rotatable bonds is 13. The molecule has 0 amide bonds. The van der Waals surface area contributed by atoms with E-state index in [1.165, 1.54) is 0 Å². The molecule has 0 bridgehead atoms. The van der Waals surface area contributed by atoms with E-state index >= 15 is 0 Å². The first-order valence-corrected chi connectivity index (χ1v) is 15.8. The summed E-state index contributed by atoms with van der Waals surface area (Å²) in [5.41, 5.74) is 0. The van der Waals surface area contributed by atoms with E-state index in [1.54, 1.807) is 0 Å². The van der Waals surface area contributed by atoms with Crippen LogP contribution in [0.5, 0.6) is 0 Å². The van der Waals surface area contributed by atoms with Gasteiger partial charge in [-0.25, -0.2) is 0 Å². The van der Waals surface area contributed by atoms with Gasteiger partial charge in [-0.2, -0.15) is 0 Å². The van der Waals surface area contributed by atoms with Crippen molar-refractivity contribution < 1.29 is 18.1 Å². The van der Waals surface area contributed by atoms with Crippen LogP contribution in [0.1, 0.15) is 55.4 Å². The van der Waals surface area contributed by atoms with Gasteiger partial charge >= 0.3 is 0 Å². The standard InChI is InChI=1S/C16H36N4O4P2S4/c1-11(2)21-25(29,22-12(3)4)19-15(27)17-9-10-18-16(28)20-26(30,23-13(5)6)24-14(7)8/h11-14H,9-10H2,1-8H3,(H2,17,19,27,29)(H2,18,20,28,30). The molecule has 4 N–H and O–H groups in total. The lowest BCUT2D eigenvalue weighted by Gasteiger charge is -2.28. The van der Waals surface area contributed by atoms with Gasteiger partial charge < -0.3 is 28.7 Å². The Morgan fingerprint density at radius 1 is 0.600 bits per heavy atom. The van der Waals surface area contributed by atoms with Gasteiger partial charge in [0, 0.05) is 13.1 Å². The van der Waals surface area contributed by atoms with Crippen LogP contribution in [0, 0.1) is 0 Å². The molecule has 0 saturated carbocycles. The van der Waals surface area contributed by atoms with Crippen LogP contribution in [0.3, 0.4) is 0 Å². The minimum Gasteiger partial charge on any atom is -0.361 e. The first-order valence-electron chi connectivity index (χ1n) is 9.72. The molecule has 0 aliphatic heterocycles. The molecule has 0 radical (unpaired) electrons. The van der Waals surface area contributed by atoms with Crippen molar-refractivity contribution >= 4 is 71.6 Å². The molecule has 30 heavy (non-hydrogen) atoms. The average molecular weight is 539 g/mol. The SMILES string of the molecule is CC(C)OP(=S)(NC(=S)NCCNC(=S)NP(=S)(OC(C)C)OC(C)C)OC(C)C. The van der Waals surface area contributed by atoms with E-state index in [-0.39, 0.29) is 24.4 Å². The molecule has 0 spiro atoms. The smallest absolute Gasteiger partial charge is 0.289 e. The first kappa shape index (κ1) is 30.5. The minimum atomic E-state index is -2.73. The maximum atomic E-state index is 5.76. The molecule has 0 unspecified atom stereocenters. The first-order chi connectivity index (χ1) is 13.7.